The van der Waals surface area contributed by atoms with Crippen LogP contribution in [0.1, 0.15) is 32.2 Å². The lowest BCUT2D eigenvalue weighted by Gasteiger charge is -2.39. The molecule has 0 amide bonds. The van der Waals surface area contributed by atoms with E-state index < -0.39 is 0 Å². The normalized spacial score (nSPS) is 26.6. The Morgan fingerprint density at radius 3 is 3.06 bits per heavy atom. The minimum absolute atomic E-state index is 0.613. The first kappa shape index (κ1) is 13.0. The van der Waals surface area contributed by atoms with Crippen molar-refractivity contribution in [2.24, 2.45) is 5.92 Å². The van der Waals surface area contributed by atoms with E-state index in [4.69, 9.17) is 0 Å². The quantitative estimate of drug-likeness (QED) is 0.893. The largest absolute Gasteiger partial charge is 0.311 e. The molecule has 3 nitrogen and oxygen atoms in total. The molecule has 1 aromatic heterocycles. The Kier molecular flexibility index (Phi) is 4.54. The first-order valence-electron chi connectivity index (χ1n) is 6.51. The molecule has 1 aliphatic heterocycles. The number of piperazine rings is 1. The average molecular weight is 253 g/mol. The summed E-state index contributed by atoms with van der Waals surface area (Å²) in [5.74, 6) is 0.766. The van der Waals surface area contributed by atoms with Crippen molar-refractivity contribution in [1.82, 2.24) is 15.2 Å². The molecule has 96 valence electrons. The molecule has 0 bridgehead atoms. The molecule has 2 heterocycles. The summed E-state index contributed by atoms with van der Waals surface area (Å²) >= 11 is 1.76. The fraction of sp³-hybridized carbons (Fsp3) is 0.769. The van der Waals surface area contributed by atoms with Crippen LogP contribution in [0.2, 0.25) is 0 Å². The van der Waals surface area contributed by atoms with E-state index in [2.05, 4.69) is 41.4 Å². The summed E-state index contributed by atoms with van der Waals surface area (Å²) in [7, 11) is 0. The summed E-state index contributed by atoms with van der Waals surface area (Å²) in [6, 6.07) is 1.26. The monoisotopic (exact) mass is 253 g/mol. The summed E-state index contributed by atoms with van der Waals surface area (Å²) < 4.78 is 0. The maximum absolute atomic E-state index is 4.39. The molecule has 2 unspecified atom stereocenters. The van der Waals surface area contributed by atoms with Gasteiger partial charge in [0, 0.05) is 36.8 Å². The van der Waals surface area contributed by atoms with Gasteiger partial charge in [0.25, 0.3) is 0 Å². The fourth-order valence-corrected chi connectivity index (χ4v) is 3.09. The minimum Gasteiger partial charge on any atom is -0.311 e. The highest BCUT2D eigenvalue weighted by atomic mass is 32.1. The number of hydrogen-bond donors (Lipinski definition) is 1. The summed E-state index contributed by atoms with van der Waals surface area (Å²) in [6.07, 6.45) is 3.17. The SMILES string of the molecule is CC(C)CC1CN(Cc2nccs2)C(C)CN1. The topological polar surface area (TPSA) is 28.2 Å². The van der Waals surface area contributed by atoms with E-state index in [1.54, 1.807) is 11.3 Å². The first-order chi connectivity index (χ1) is 8.15. The van der Waals surface area contributed by atoms with Crippen LogP contribution in [-0.2, 0) is 6.54 Å². The zero-order chi connectivity index (χ0) is 12.3. The lowest BCUT2D eigenvalue weighted by molar-refractivity contribution is 0.124. The summed E-state index contributed by atoms with van der Waals surface area (Å²) in [5, 5.41) is 6.95. The van der Waals surface area contributed by atoms with Gasteiger partial charge in [0.15, 0.2) is 0 Å². The van der Waals surface area contributed by atoms with Crippen molar-refractivity contribution in [3.05, 3.63) is 16.6 Å². The molecule has 2 atom stereocenters. The van der Waals surface area contributed by atoms with Crippen molar-refractivity contribution in [2.45, 2.75) is 45.8 Å². The second kappa shape index (κ2) is 5.94. The van der Waals surface area contributed by atoms with Gasteiger partial charge in [-0.15, -0.1) is 11.3 Å². The number of thiazole rings is 1. The van der Waals surface area contributed by atoms with Gasteiger partial charge in [-0.05, 0) is 19.3 Å². The van der Waals surface area contributed by atoms with Gasteiger partial charge in [-0.3, -0.25) is 4.90 Å². The second-order valence-corrected chi connectivity index (χ2v) is 6.42. The zero-order valence-electron chi connectivity index (χ0n) is 11.0. The molecule has 1 aromatic rings. The Balaban J connectivity index is 1.90. The molecule has 4 heteroatoms. The van der Waals surface area contributed by atoms with Crippen molar-refractivity contribution in [3.63, 3.8) is 0 Å². The van der Waals surface area contributed by atoms with Crippen molar-refractivity contribution in [3.8, 4) is 0 Å². The summed E-state index contributed by atoms with van der Waals surface area (Å²) in [5.41, 5.74) is 0. The Morgan fingerprint density at radius 2 is 2.41 bits per heavy atom. The molecule has 0 spiro atoms. The molecule has 1 aliphatic rings. The first-order valence-corrected chi connectivity index (χ1v) is 7.39. The Bertz CT molecular complexity index is 323. The van der Waals surface area contributed by atoms with Crippen LogP contribution in [0.15, 0.2) is 11.6 Å². The molecule has 0 radical (unpaired) electrons. The van der Waals surface area contributed by atoms with Gasteiger partial charge < -0.3 is 5.32 Å². The third-order valence-corrected chi connectivity index (χ3v) is 4.12. The third kappa shape index (κ3) is 3.76. The van der Waals surface area contributed by atoms with E-state index in [0.717, 1.165) is 25.6 Å². The zero-order valence-corrected chi connectivity index (χ0v) is 11.8. The van der Waals surface area contributed by atoms with Crippen LogP contribution in [0.4, 0.5) is 0 Å². The van der Waals surface area contributed by atoms with E-state index in [9.17, 15) is 0 Å². The van der Waals surface area contributed by atoms with Crippen molar-refractivity contribution in [2.75, 3.05) is 13.1 Å². The van der Waals surface area contributed by atoms with Crippen LogP contribution in [-0.4, -0.2) is 35.1 Å². The Labute approximate surface area is 108 Å². The van der Waals surface area contributed by atoms with E-state index in [0.29, 0.717) is 12.1 Å². The molecule has 0 aromatic carbocycles. The average Bonchev–Trinajstić information content (AvgIpc) is 2.75. The Hall–Kier alpha value is -0.450. The van der Waals surface area contributed by atoms with Gasteiger partial charge in [-0.1, -0.05) is 13.8 Å². The van der Waals surface area contributed by atoms with Crippen LogP contribution in [0.25, 0.3) is 0 Å². The predicted octanol–water partition coefficient (Wildman–Crippen LogP) is 2.35. The van der Waals surface area contributed by atoms with Crippen LogP contribution in [0.3, 0.4) is 0 Å². The maximum atomic E-state index is 4.39. The molecule has 0 aliphatic carbocycles. The number of aromatic nitrogens is 1. The van der Waals surface area contributed by atoms with Crippen molar-refractivity contribution >= 4 is 11.3 Å². The standard InChI is InChI=1S/C13H23N3S/c1-10(2)6-12-8-16(11(3)7-15-12)9-13-14-4-5-17-13/h4-5,10-12,15H,6-9H2,1-3H3. The smallest absolute Gasteiger partial charge is 0.107 e. The predicted molar refractivity (Wildman–Crippen MR) is 73.2 cm³/mol. The van der Waals surface area contributed by atoms with E-state index >= 15 is 0 Å². The van der Waals surface area contributed by atoms with Gasteiger partial charge in [0.2, 0.25) is 0 Å². The van der Waals surface area contributed by atoms with Crippen LogP contribution >= 0.6 is 11.3 Å². The highest BCUT2D eigenvalue weighted by molar-refractivity contribution is 7.09. The van der Waals surface area contributed by atoms with Crippen molar-refractivity contribution in [1.29, 1.82) is 0 Å². The van der Waals surface area contributed by atoms with Crippen LogP contribution in [0, 0.1) is 5.92 Å². The number of rotatable bonds is 4. The highest BCUT2D eigenvalue weighted by Gasteiger charge is 2.25. The molecule has 1 fully saturated rings. The number of nitrogens with zero attached hydrogens (tertiary/aromatic N) is 2. The fourth-order valence-electron chi connectivity index (χ4n) is 2.45. The number of hydrogen-bond acceptors (Lipinski definition) is 4. The molecule has 1 N–H and O–H groups in total. The molecular weight excluding hydrogens is 230 g/mol. The second-order valence-electron chi connectivity index (χ2n) is 5.44. The minimum atomic E-state index is 0.613. The van der Waals surface area contributed by atoms with Gasteiger partial charge in [-0.2, -0.15) is 0 Å². The molecular formula is C13H23N3S. The molecule has 17 heavy (non-hydrogen) atoms. The van der Waals surface area contributed by atoms with E-state index in [1.807, 2.05) is 6.20 Å². The Morgan fingerprint density at radius 1 is 1.59 bits per heavy atom. The molecule has 0 saturated carbocycles. The number of nitrogens with one attached hydrogen (secondary N) is 1. The van der Waals surface area contributed by atoms with Gasteiger partial charge in [0.1, 0.15) is 5.01 Å². The van der Waals surface area contributed by atoms with Gasteiger partial charge >= 0.3 is 0 Å². The maximum Gasteiger partial charge on any atom is 0.107 e. The molecule has 2 rings (SSSR count). The van der Waals surface area contributed by atoms with Crippen molar-refractivity contribution < 1.29 is 0 Å². The lowest BCUT2D eigenvalue weighted by Crippen LogP contribution is -2.55. The van der Waals surface area contributed by atoms with Gasteiger partial charge in [-0.25, -0.2) is 4.98 Å². The van der Waals surface area contributed by atoms with E-state index in [-0.39, 0.29) is 0 Å². The summed E-state index contributed by atoms with van der Waals surface area (Å²) in [6.45, 7) is 10.2. The highest BCUT2D eigenvalue weighted by Crippen LogP contribution is 2.17. The van der Waals surface area contributed by atoms with Crippen LogP contribution in [0.5, 0.6) is 0 Å². The third-order valence-electron chi connectivity index (χ3n) is 3.36. The lowest BCUT2D eigenvalue weighted by atomic mass is 10.0. The van der Waals surface area contributed by atoms with E-state index in [1.165, 1.54) is 11.4 Å². The summed E-state index contributed by atoms with van der Waals surface area (Å²) in [4.78, 5) is 6.95. The molecule has 1 saturated heterocycles. The van der Waals surface area contributed by atoms with Gasteiger partial charge in [0.05, 0.1) is 6.54 Å². The van der Waals surface area contributed by atoms with Crippen LogP contribution < -0.4 is 5.32 Å².